The normalized spacial score (nSPS) is 20.0. The van der Waals surface area contributed by atoms with Crippen molar-refractivity contribution in [1.82, 2.24) is 0 Å². The number of carbonyl (C=O) groups excluding carboxylic acids is 1. The minimum atomic E-state index is -2.28. The van der Waals surface area contributed by atoms with Gasteiger partial charge in [-0.15, -0.1) is 0 Å². The minimum Gasteiger partial charge on any atom is -0.506 e. The van der Waals surface area contributed by atoms with Gasteiger partial charge >= 0.3 is 5.97 Å². The molecule has 0 aromatic carbocycles. The third kappa shape index (κ3) is 7.68. The van der Waals surface area contributed by atoms with Crippen LogP contribution in [0, 0.1) is 0 Å². The van der Waals surface area contributed by atoms with E-state index in [-0.39, 0.29) is 0 Å². The summed E-state index contributed by atoms with van der Waals surface area (Å²) < 4.78 is 14.3. The number of carbonyl (C=O) groups is 1. The van der Waals surface area contributed by atoms with E-state index in [1.165, 1.54) is 13.8 Å². The first kappa shape index (κ1) is 30.8. The zero-order chi connectivity index (χ0) is 26.1. The zero-order valence-corrected chi connectivity index (χ0v) is 19.2. The fourth-order valence-electron chi connectivity index (χ4n) is 2.64. The molecule has 14 heteroatoms. The van der Waals surface area contributed by atoms with E-state index in [4.69, 9.17) is 19.1 Å². The first-order chi connectivity index (χ1) is 15.2. The molecule has 194 valence electrons. The summed E-state index contributed by atoms with van der Waals surface area (Å²) in [5.41, 5.74) is -1.91. The lowest BCUT2D eigenvalue weighted by atomic mass is 9.89. The Labute approximate surface area is 190 Å². The van der Waals surface area contributed by atoms with Crippen LogP contribution in [-0.4, -0.2) is 117 Å². The maximum Gasteiger partial charge on any atom is 0.377 e. The minimum absolute atomic E-state index is 0.643. The van der Waals surface area contributed by atoms with E-state index in [1.807, 2.05) is 0 Å². The molecule has 33 heavy (non-hydrogen) atoms. The van der Waals surface area contributed by atoms with Crippen LogP contribution in [0.4, 0.5) is 0 Å². The van der Waals surface area contributed by atoms with Crippen LogP contribution in [0.3, 0.4) is 0 Å². The van der Waals surface area contributed by atoms with E-state index in [1.54, 1.807) is 0 Å². The van der Waals surface area contributed by atoms with Gasteiger partial charge in [0.25, 0.3) is 0 Å². The molecule has 0 aromatic heterocycles. The summed E-state index contributed by atoms with van der Waals surface area (Å²) in [5, 5.41) is 81.3. The van der Waals surface area contributed by atoms with Crippen LogP contribution in [0.25, 0.3) is 0 Å². The number of methoxy groups -OCH3 is 2. The molecule has 6 atom stereocenters. The van der Waals surface area contributed by atoms with E-state index >= 15 is 0 Å². The quantitative estimate of drug-likeness (QED) is 0.0348. The van der Waals surface area contributed by atoms with E-state index in [9.17, 15) is 45.6 Å². The third-order valence-corrected chi connectivity index (χ3v) is 4.50. The second-order valence-corrected chi connectivity index (χ2v) is 7.36. The smallest absolute Gasteiger partial charge is 0.377 e. The molecule has 0 rings (SSSR count). The number of aliphatic hydroxyl groups is 8. The molecule has 0 aromatic rings. The SMILES string of the molecule is COOC(C)(CO)C(O)C(O)C(O)C(OC)C(O)/C(O)=C(O)/C(OC)=C(\O)C(=O)OC(C)C. The summed E-state index contributed by atoms with van der Waals surface area (Å²) in [6, 6.07) is 0. The maximum atomic E-state index is 11.8. The molecule has 14 nitrogen and oxygen atoms in total. The summed E-state index contributed by atoms with van der Waals surface area (Å²) in [6.45, 7) is 3.26. The molecule has 0 amide bonds. The zero-order valence-electron chi connectivity index (χ0n) is 19.2. The Kier molecular flexibility index (Phi) is 12.6. The molecule has 0 heterocycles. The van der Waals surface area contributed by atoms with Gasteiger partial charge in [0.05, 0.1) is 26.9 Å². The van der Waals surface area contributed by atoms with Crippen molar-refractivity contribution in [3.8, 4) is 0 Å². The highest BCUT2D eigenvalue weighted by molar-refractivity contribution is 5.87. The number of rotatable bonds is 14. The molecule has 0 saturated carbocycles. The first-order valence-electron chi connectivity index (χ1n) is 9.62. The van der Waals surface area contributed by atoms with Crippen LogP contribution in [0.15, 0.2) is 23.0 Å². The molecule has 0 fully saturated rings. The van der Waals surface area contributed by atoms with Crippen LogP contribution in [0.5, 0.6) is 0 Å². The molecular weight excluding hydrogens is 452 g/mol. The van der Waals surface area contributed by atoms with Gasteiger partial charge in [-0.3, -0.25) is 0 Å². The number of hydrogen-bond acceptors (Lipinski definition) is 14. The highest BCUT2D eigenvalue weighted by atomic mass is 17.2. The molecule has 0 spiro atoms. The lowest BCUT2D eigenvalue weighted by Crippen LogP contribution is -2.58. The molecular formula is C19H34O14. The molecule has 8 N–H and O–H groups in total. The summed E-state index contributed by atoms with van der Waals surface area (Å²) in [6.07, 6.45) is -11.1. The van der Waals surface area contributed by atoms with Gasteiger partial charge in [-0.1, -0.05) is 0 Å². The predicted octanol–water partition coefficient (Wildman–Crippen LogP) is -1.53. The Balaban J connectivity index is 6.01. The Morgan fingerprint density at radius 1 is 0.939 bits per heavy atom. The molecule has 0 aliphatic carbocycles. The summed E-state index contributed by atoms with van der Waals surface area (Å²) in [5.74, 6) is -6.15. The van der Waals surface area contributed by atoms with E-state index < -0.39 is 77.8 Å². The lowest BCUT2D eigenvalue weighted by Gasteiger charge is -2.37. The van der Waals surface area contributed by atoms with Crippen molar-refractivity contribution in [2.45, 2.75) is 63.0 Å². The molecule has 0 saturated heterocycles. The van der Waals surface area contributed by atoms with Crippen molar-refractivity contribution in [3.63, 3.8) is 0 Å². The Morgan fingerprint density at radius 3 is 1.88 bits per heavy atom. The largest absolute Gasteiger partial charge is 0.506 e. The van der Waals surface area contributed by atoms with Gasteiger partial charge < -0.3 is 55.1 Å². The van der Waals surface area contributed by atoms with E-state index in [0.717, 1.165) is 28.3 Å². The lowest BCUT2D eigenvalue weighted by molar-refractivity contribution is -0.373. The highest BCUT2D eigenvalue weighted by Gasteiger charge is 2.46. The second-order valence-electron chi connectivity index (χ2n) is 7.36. The van der Waals surface area contributed by atoms with Crippen LogP contribution in [0.2, 0.25) is 0 Å². The average Bonchev–Trinajstić information content (AvgIpc) is 2.77. The maximum absolute atomic E-state index is 11.8. The topological polar surface area (TPSA) is 225 Å². The molecule has 0 aliphatic heterocycles. The standard InChI is InChI=1S/C19H34O14/c1-8(2)32-18(28)14(26)16(30-5)11(23)9(21)10(22)15(29-4)12(24)13(25)17(27)19(3,7-20)33-31-6/h8,10,12-13,15,17,20-27H,7H2,1-6H3/b11-9+,16-14+. The number of aliphatic hydroxyl groups excluding tert-OH is 8. The van der Waals surface area contributed by atoms with Gasteiger partial charge in [0.15, 0.2) is 11.4 Å². The average molecular weight is 486 g/mol. The Hall–Kier alpha value is -2.17. The van der Waals surface area contributed by atoms with Crippen LogP contribution < -0.4 is 0 Å². The third-order valence-electron chi connectivity index (χ3n) is 4.50. The molecule has 0 radical (unpaired) electrons. The molecule has 0 aliphatic rings. The fourth-order valence-corrected chi connectivity index (χ4v) is 2.64. The Bertz CT molecular complexity index is 690. The van der Waals surface area contributed by atoms with Crippen LogP contribution in [-0.2, 0) is 28.8 Å². The van der Waals surface area contributed by atoms with Crippen molar-refractivity contribution in [1.29, 1.82) is 0 Å². The van der Waals surface area contributed by atoms with Crippen molar-refractivity contribution in [2.24, 2.45) is 0 Å². The van der Waals surface area contributed by atoms with Crippen molar-refractivity contribution < 1.29 is 69.6 Å². The monoisotopic (exact) mass is 486 g/mol. The van der Waals surface area contributed by atoms with Gasteiger partial charge in [-0.05, 0) is 20.8 Å². The first-order valence-corrected chi connectivity index (χ1v) is 9.62. The Morgan fingerprint density at radius 2 is 1.48 bits per heavy atom. The van der Waals surface area contributed by atoms with Gasteiger partial charge in [0.1, 0.15) is 30.5 Å². The van der Waals surface area contributed by atoms with Gasteiger partial charge in [0.2, 0.25) is 17.3 Å². The number of esters is 1. The van der Waals surface area contributed by atoms with Crippen molar-refractivity contribution in [3.05, 3.63) is 23.0 Å². The summed E-state index contributed by atoms with van der Waals surface area (Å²) in [4.78, 5) is 21.0. The predicted molar refractivity (Wildman–Crippen MR) is 109 cm³/mol. The van der Waals surface area contributed by atoms with Crippen molar-refractivity contribution in [2.75, 3.05) is 27.9 Å². The van der Waals surface area contributed by atoms with Gasteiger partial charge in [-0.2, -0.15) is 0 Å². The summed E-state index contributed by atoms with van der Waals surface area (Å²) >= 11 is 0. The fraction of sp³-hybridized carbons (Fsp3) is 0.737. The number of ether oxygens (including phenoxy) is 3. The van der Waals surface area contributed by atoms with Crippen LogP contribution in [0.1, 0.15) is 20.8 Å². The molecule has 0 bridgehead atoms. The van der Waals surface area contributed by atoms with Gasteiger partial charge in [0, 0.05) is 7.11 Å². The molecule has 6 unspecified atom stereocenters. The summed E-state index contributed by atoms with van der Waals surface area (Å²) in [7, 11) is 2.96. The van der Waals surface area contributed by atoms with Crippen molar-refractivity contribution >= 4 is 5.97 Å². The second kappa shape index (κ2) is 13.5. The van der Waals surface area contributed by atoms with E-state index in [0.29, 0.717) is 0 Å². The highest BCUT2D eigenvalue weighted by Crippen LogP contribution is 2.25. The van der Waals surface area contributed by atoms with Crippen LogP contribution >= 0.6 is 0 Å². The number of hydrogen-bond donors (Lipinski definition) is 8. The van der Waals surface area contributed by atoms with Gasteiger partial charge in [-0.25, -0.2) is 14.6 Å². The van der Waals surface area contributed by atoms with E-state index in [2.05, 4.69) is 4.89 Å².